The van der Waals surface area contributed by atoms with Gasteiger partial charge >= 0.3 is 23.9 Å². The van der Waals surface area contributed by atoms with Crippen molar-refractivity contribution in [3.63, 3.8) is 0 Å². The number of carboxylic acid groups (broad SMARTS) is 4. The maximum Gasteiger partial charge on any atom is 0.317 e. The first kappa shape index (κ1) is 23.8. The molecule has 1 saturated heterocycles. The van der Waals surface area contributed by atoms with Gasteiger partial charge in [0.1, 0.15) is 0 Å². The molecule has 4 N–H and O–H groups in total. The Kier molecular flexibility index (Phi) is 11.9. The minimum Gasteiger partial charge on any atom is -0.481 e. The fourth-order valence-electron chi connectivity index (χ4n) is 2.23. The quantitative estimate of drug-likeness (QED) is 0.415. The number of hydrogen-bond donors (Lipinski definition) is 4. The van der Waals surface area contributed by atoms with Crippen LogP contribution in [0.1, 0.15) is 13.3 Å². The predicted octanol–water partition coefficient (Wildman–Crippen LogP) is -1.36. The van der Waals surface area contributed by atoms with Crippen molar-refractivity contribution in [2.45, 2.75) is 13.3 Å². The van der Waals surface area contributed by atoms with Crippen LogP contribution in [-0.2, 0) is 19.2 Å². The third-order valence-corrected chi connectivity index (χ3v) is 3.58. The molecule has 0 aliphatic carbocycles. The van der Waals surface area contributed by atoms with Gasteiger partial charge in [-0.2, -0.15) is 0 Å². The molecule has 0 aromatic carbocycles. The summed E-state index contributed by atoms with van der Waals surface area (Å²) < 4.78 is 0. The number of nitrogens with zero attached hydrogens (tertiary/aromatic N) is 3. The van der Waals surface area contributed by atoms with Gasteiger partial charge in [-0.3, -0.25) is 33.9 Å². The molecule has 0 unspecified atom stereocenters. The molecule has 1 heterocycles. The zero-order valence-corrected chi connectivity index (χ0v) is 14.8. The second-order valence-corrected chi connectivity index (χ2v) is 5.76. The van der Waals surface area contributed by atoms with Gasteiger partial charge < -0.3 is 20.4 Å². The normalized spacial score (nSPS) is 17.1. The average molecular weight is 377 g/mol. The minimum absolute atomic E-state index is 0.137. The number of rotatable bonds is 7. The van der Waals surface area contributed by atoms with Gasteiger partial charge in [-0.25, -0.2) is 0 Å². The molecular weight excluding hydrogens is 350 g/mol. The zero-order valence-electron chi connectivity index (χ0n) is 14.8. The van der Waals surface area contributed by atoms with Gasteiger partial charge in [0, 0.05) is 45.7 Å². The van der Waals surface area contributed by atoms with Crippen molar-refractivity contribution >= 4 is 23.9 Å². The summed E-state index contributed by atoms with van der Waals surface area (Å²) in [6.45, 7) is 3.86. The molecule has 1 aliphatic heterocycles. The third-order valence-electron chi connectivity index (χ3n) is 3.58. The van der Waals surface area contributed by atoms with Gasteiger partial charge in [-0.15, -0.1) is 0 Å². The lowest BCUT2D eigenvalue weighted by Gasteiger charge is -2.23. The van der Waals surface area contributed by atoms with Gasteiger partial charge in [0.2, 0.25) is 0 Å². The van der Waals surface area contributed by atoms with Crippen LogP contribution in [0.2, 0.25) is 0 Å². The van der Waals surface area contributed by atoms with Gasteiger partial charge in [-0.1, -0.05) is 6.92 Å². The van der Waals surface area contributed by atoms with Gasteiger partial charge in [0.15, 0.2) is 0 Å². The van der Waals surface area contributed by atoms with Gasteiger partial charge in [0.25, 0.3) is 0 Å². The third kappa shape index (κ3) is 13.1. The fourth-order valence-corrected chi connectivity index (χ4v) is 2.23. The number of carbonyl (C=O) groups is 4. The van der Waals surface area contributed by atoms with Crippen LogP contribution in [-0.4, -0.2) is 118 Å². The summed E-state index contributed by atoms with van der Waals surface area (Å²) >= 11 is 0. The lowest BCUT2D eigenvalue weighted by Crippen LogP contribution is -2.40. The monoisotopic (exact) mass is 377 g/mol. The molecule has 0 amide bonds. The van der Waals surface area contributed by atoms with Crippen molar-refractivity contribution in [2.75, 3.05) is 58.9 Å². The van der Waals surface area contributed by atoms with Crippen LogP contribution in [0.25, 0.3) is 0 Å². The van der Waals surface area contributed by atoms with Crippen molar-refractivity contribution < 1.29 is 39.6 Å². The molecule has 0 radical (unpaired) electrons. The molecule has 0 aromatic rings. The highest BCUT2D eigenvalue weighted by atomic mass is 16.4. The number of hydrogen-bond acceptors (Lipinski definition) is 7. The molecule has 1 aliphatic rings. The molecular formula is C15H27N3O8. The Morgan fingerprint density at radius 2 is 0.769 bits per heavy atom. The second-order valence-electron chi connectivity index (χ2n) is 5.76. The summed E-state index contributed by atoms with van der Waals surface area (Å²) in [7, 11) is 0. The largest absolute Gasteiger partial charge is 0.481 e. The smallest absolute Gasteiger partial charge is 0.317 e. The van der Waals surface area contributed by atoms with E-state index in [-0.39, 0.29) is 26.1 Å². The van der Waals surface area contributed by atoms with Crippen LogP contribution < -0.4 is 0 Å². The van der Waals surface area contributed by atoms with E-state index in [1.807, 2.05) is 0 Å². The molecule has 0 saturated carbocycles. The van der Waals surface area contributed by atoms with Crippen molar-refractivity contribution in [3.05, 3.63) is 0 Å². The Morgan fingerprint density at radius 3 is 0.885 bits per heavy atom. The Bertz CT molecular complexity index is 416. The van der Waals surface area contributed by atoms with E-state index in [2.05, 4.69) is 0 Å². The first-order valence-electron chi connectivity index (χ1n) is 8.18. The van der Waals surface area contributed by atoms with E-state index >= 15 is 0 Å². The SMILES string of the molecule is CCC(=O)O.O=C(O)CN1CCN(CC(=O)O)CCN(CC(=O)O)CC1. The molecule has 26 heavy (non-hydrogen) atoms. The highest BCUT2D eigenvalue weighted by Gasteiger charge is 2.20. The molecule has 0 bridgehead atoms. The summed E-state index contributed by atoms with van der Waals surface area (Å²) in [5.74, 6) is -3.61. The summed E-state index contributed by atoms with van der Waals surface area (Å²) in [5.41, 5.74) is 0. The van der Waals surface area contributed by atoms with E-state index in [0.29, 0.717) is 39.3 Å². The van der Waals surface area contributed by atoms with Gasteiger partial charge in [-0.05, 0) is 0 Å². The molecule has 0 spiro atoms. The topological polar surface area (TPSA) is 159 Å². The molecule has 1 fully saturated rings. The van der Waals surface area contributed by atoms with Crippen molar-refractivity contribution in [2.24, 2.45) is 0 Å². The van der Waals surface area contributed by atoms with Crippen LogP contribution in [0.3, 0.4) is 0 Å². The van der Waals surface area contributed by atoms with E-state index in [1.165, 1.54) is 0 Å². The lowest BCUT2D eigenvalue weighted by atomic mass is 10.4. The predicted molar refractivity (Wildman–Crippen MR) is 90.2 cm³/mol. The zero-order chi connectivity index (χ0) is 20.1. The maximum absolute atomic E-state index is 10.8. The Hall–Kier alpha value is -2.24. The van der Waals surface area contributed by atoms with Crippen LogP contribution in [0.5, 0.6) is 0 Å². The van der Waals surface area contributed by atoms with Crippen LogP contribution in [0.4, 0.5) is 0 Å². The average Bonchev–Trinajstić information content (AvgIpc) is 2.60. The van der Waals surface area contributed by atoms with E-state index in [4.69, 9.17) is 20.4 Å². The Balaban J connectivity index is 0.00000110. The standard InChI is InChI=1S/C12H21N3O6.C3H6O2/c16-10(17)7-13-1-2-14(8-11(18)19)5-6-15(4-3-13)9-12(20)21;1-2-3(4)5/h1-9H2,(H,16,17)(H,18,19)(H,20,21);2H2,1H3,(H,4,5). The summed E-state index contributed by atoms with van der Waals surface area (Å²) in [6, 6.07) is 0. The molecule has 11 heteroatoms. The van der Waals surface area contributed by atoms with Crippen molar-refractivity contribution in [3.8, 4) is 0 Å². The fraction of sp³-hybridized carbons (Fsp3) is 0.733. The highest BCUT2D eigenvalue weighted by molar-refractivity contribution is 5.70. The molecule has 150 valence electrons. The molecule has 1 rings (SSSR count). The molecule has 0 atom stereocenters. The lowest BCUT2D eigenvalue weighted by molar-refractivity contribution is -0.140. The van der Waals surface area contributed by atoms with Crippen molar-refractivity contribution in [1.29, 1.82) is 0 Å². The minimum atomic E-state index is -0.955. The van der Waals surface area contributed by atoms with E-state index in [0.717, 1.165) is 0 Å². The Labute approximate surface area is 151 Å². The van der Waals surface area contributed by atoms with E-state index in [1.54, 1.807) is 21.6 Å². The summed E-state index contributed by atoms with van der Waals surface area (Å²) in [6.07, 6.45) is 0.222. The molecule has 0 aromatic heterocycles. The van der Waals surface area contributed by atoms with Crippen LogP contribution in [0.15, 0.2) is 0 Å². The highest BCUT2D eigenvalue weighted by Crippen LogP contribution is 2.00. The van der Waals surface area contributed by atoms with E-state index in [9.17, 15) is 19.2 Å². The Morgan fingerprint density at radius 1 is 0.577 bits per heavy atom. The first-order valence-corrected chi connectivity index (χ1v) is 8.18. The van der Waals surface area contributed by atoms with E-state index < -0.39 is 23.9 Å². The van der Waals surface area contributed by atoms with Crippen molar-refractivity contribution in [1.82, 2.24) is 14.7 Å². The number of aliphatic carboxylic acids is 4. The first-order chi connectivity index (χ1) is 12.1. The van der Waals surface area contributed by atoms with Crippen LogP contribution >= 0.6 is 0 Å². The maximum atomic E-state index is 10.8. The number of carboxylic acids is 4. The second kappa shape index (κ2) is 13.0. The summed E-state index contributed by atoms with van der Waals surface area (Å²) in [5, 5.41) is 34.3. The van der Waals surface area contributed by atoms with Crippen LogP contribution in [0, 0.1) is 0 Å². The summed E-state index contributed by atoms with van der Waals surface area (Å²) in [4.78, 5) is 46.9. The van der Waals surface area contributed by atoms with Gasteiger partial charge in [0.05, 0.1) is 19.6 Å². The molecule has 11 nitrogen and oxygen atoms in total.